The molecule has 0 spiro atoms. The zero-order chi connectivity index (χ0) is 20.7. The number of hydrogen-bond acceptors (Lipinski definition) is 5. The van der Waals surface area contributed by atoms with E-state index >= 15 is 0 Å². The van der Waals surface area contributed by atoms with Gasteiger partial charge in [0.25, 0.3) is 5.56 Å². The summed E-state index contributed by atoms with van der Waals surface area (Å²) in [7, 11) is 1.38. The molecule has 3 heterocycles. The first-order valence-electron chi connectivity index (χ1n) is 9.25. The SMILES string of the molecule is CCCn1c(=O)n(C)c(=O)c2c(C(=O)O)c(Cc3ccnc4ccccc34)sc21. The number of fused-ring (bicyclic) bond motifs is 2. The average Bonchev–Trinajstić information content (AvgIpc) is 3.09. The molecule has 0 saturated heterocycles. The minimum atomic E-state index is -1.16. The third-order valence-electron chi connectivity index (χ3n) is 5.00. The fourth-order valence-corrected chi connectivity index (χ4v) is 4.95. The maximum Gasteiger partial charge on any atom is 0.337 e. The van der Waals surface area contributed by atoms with E-state index in [0.29, 0.717) is 29.1 Å². The number of aromatic nitrogens is 3. The zero-order valence-electron chi connectivity index (χ0n) is 16.0. The lowest BCUT2D eigenvalue weighted by molar-refractivity contribution is 0.0698. The topological polar surface area (TPSA) is 94.2 Å². The fraction of sp³-hybridized carbons (Fsp3) is 0.238. The summed E-state index contributed by atoms with van der Waals surface area (Å²) in [6.45, 7) is 2.35. The van der Waals surface area contributed by atoms with Crippen LogP contribution in [0.15, 0.2) is 46.1 Å². The van der Waals surface area contributed by atoms with Gasteiger partial charge in [0.05, 0.1) is 16.5 Å². The van der Waals surface area contributed by atoms with Crippen LogP contribution < -0.4 is 11.2 Å². The molecule has 1 aromatic carbocycles. The van der Waals surface area contributed by atoms with Gasteiger partial charge in [-0.2, -0.15) is 0 Å². The number of pyridine rings is 1. The summed E-state index contributed by atoms with van der Waals surface area (Å²) in [5.74, 6) is -1.16. The maximum absolute atomic E-state index is 12.8. The number of aromatic carboxylic acids is 1. The van der Waals surface area contributed by atoms with E-state index in [4.69, 9.17) is 0 Å². The molecule has 0 amide bonds. The molecule has 0 saturated carbocycles. The van der Waals surface area contributed by atoms with Gasteiger partial charge in [-0.3, -0.25) is 18.9 Å². The van der Waals surface area contributed by atoms with E-state index in [1.165, 1.54) is 23.0 Å². The molecule has 0 bridgehead atoms. The quantitative estimate of drug-likeness (QED) is 0.547. The highest BCUT2D eigenvalue weighted by molar-refractivity contribution is 7.19. The van der Waals surface area contributed by atoms with Crippen LogP contribution in [0, 0.1) is 0 Å². The molecule has 7 nitrogen and oxygen atoms in total. The lowest BCUT2D eigenvalue weighted by Crippen LogP contribution is -2.38. The summed E-state index contributed by atoms with van der Waals surface area (Å²) in [6.07, 6.45) is 2.72. The van der Waals surface area contributed by atoms with E-state index in [-0.39, 0.29) is 10.9 Å². The van der Waals surface area contributed by atoms with Crippen molar-refractivity contribution in [3.63, 3.8) is 0 Å². The summed E-state index contributed by atoms with van der Waals surface area (Å²) in [5.41, 5.74) is 0.726. The van der Waals surface area contributed by atoms with Crippen LogP contribution in [0.5, 0.6) is 0 Å². The molecule has 0 atom stereocenters. The Balaban J connectivity index is 2.02. The van der Waals surface area contributed by atoms with Crippen LogP contribution in [-0.4, -0.2) is 25.2 Å². The Labute approximate surface area is 169 Å². The Hall–Kier alpha value is -3.26. The van der Waals surface area contributed by atoms with E-state index in [1.54, 1.807) is 6.20 Å². The Morgan fingerprint density at radius 1 is 1.21 bits per heavy atom. The largest absolute Gasteiger partial charge is 0.478 e. The molecule has 1 N–H and O–H groups in total. The molecule has 148 valence electrons. The number of hydrogen-bond donors (Lipinski definition) is 1. The van der Waals surface area contributed by atoms with Crippen LogP contribution in [0.1, 0.15) is 34.1 Å². The van der Waals surface area contributed by atoms with Crippen molar-refractivity contribution in [2.45, 2.75) is 26.3 Å². The molecule has 4 aromatic rings. The number of para-hydroxylation sites is 1. The Bertz CT molecular complexity index is 1380. The number of carboxylic acid groups (broad SMARTS) is 1. The molecule has 3 aromatic heterocycles. The normalized spacial score (nSPS) is 11.4. The Morgan fingerprint density at radius 3 is 2.69 bits per heavy atom. The lowest BCUT2D eigenvalue weighted by Gasteiger charge is -2.07. The fourth-order valence-electron chi connectivity index (χ4n) is 3.63. The minimum Gasteiger partial charge on any atom is -0.478 e. The number of carboxylic acids is 1. The molecule has 0 aliphatic carbocycles. The molecule has 4 rings (SSSR count). The van der Waals surface area contributed by atoms with E-state index in [2.05, 4.69) is 4.98 Å². The van der Waals surface area contributed by atoms with E-state index in [0.717, 1.165) is 21.0 Å². The molecule has 0 fully saturated rings. The van der Waals surface area contributed by atoms with Crippen LogP contribution in [0.3, 0.4) is 0 Å². The summed E-state index contributed by atoms with van der Waals surface area (Å²) in [4.78, 5) is 42.8. The highest BCUT2D eigenvalue weighted by Gasteiger charge is 2.25. The minimum absolute atomic E-state index is 0.0173. The van der Waals surface area contributed by atoms with Gasteiger partial charge in [-0.25, -0.2) is 9.59 Å². The standard InChI is InChI=1S/C21H19N3O4S/c1-3-10-24-19-17(18(25)23(2)21(24)28)16(20(26)27)15(29-19)11-12-8-9-22-14-7-5-4-6-13(12)14/h4-9H,3,10-11H2,1-2H3,(H,26,27). The Morgan fingerprint density at radius 2 is 1.97 bits per heavy atom. The van der Waals surface area contributed by atoms with Crippen LogP contribution >= 0.6 is 11.3 Å². The van der Waals surface area contributed by atoms with Crippen molar-refractivity contribution in [2.24, 2.45) is 7.05 Å². The van der Waals surface area contributed by atoms with Gasteiger partial charge in [0.2, 0.25) is 0 Å². The number of benzene rings is 1. The van der Waals surface area contributed by atoms with Gasteiger partial charge >= 0.3 is 11.7 Å². The predicted octanol–water partition coefficient (Wildman–Crippen LogP) is 3.01. The molecule has 0 radical (unpaired) electrons. The number of thiophene rings is 1. The number of aryl methyl sites for hydroxylation is 1. The average molecular weight is 409 g/mol. The van der Waals surface area contributed by atoms with Gasteiger partial charge in [0.1, 0.15) is 4.83 Å². The second-order valence-corrected chi connectivity index (χ2v) is 7.93. The van der Waals surface area contributed by atoms with Gasteiger partial charge in [-0.1, -0.05) is 25.1 Å². The first kappa shape index (κ1) is 19.1. The summed E-state index contributed by atoms with van der Waals surface area (Å²) >= 11 is 1.21. The van der Waals surface area contributed by atoms with Crippen molar-refractivity contribution >= 4 is 38.4 Å². The smallest absolute Gasteiger partial charge is 0.337 e. The maximum atomic E-state index is 12.8. The first-order chi connectivity index (χ1) is 13.9. The van der Waals surface area contributed by atoms with Crippen LogP contribution in [0.4, 0.5) is 0 Å². The monoisotopic (exact) mass is 409 g/mol. The van der Waals surface area contributed by atoms with Crippen LogP contribution in [0.25, 0.3) is 21.1 Å². The van der Waals surface area contributed by atoms with Crippen LogP contribution in [0.2, 0.25) is 0 Å². The third kappa shape index (κ3) is 3.05. The van der Waals surface area contributed by atoms with Gasteiger partial charge in [-0.15, -0.1) is 11.3 Å². The molecule has 8 heteroatoms. The van der Waals surface area contributed by atoms with E-state index < -0.39 is 17.2 Å². The van der Waals surface area contributed by atoms with Crippen molar-refractivity contribution in [1.29, 1.82) is 0 Å². The van der Waals surface area contributed by atoms with Gasteiger partial charge in [-0.05, 0) is 24.1 Å². The summed E-state index contributed by atoms with van der Waals surface area (Å²) in [5, 5.41) is 10.9. The van der Waals surface area contributed by atoms with Gasteiger partial charge < -0.3 is 5.11 Å². The molecule has 0 unspecified atom stereocenters. The molecular formula is C21H19N3O4S. The third-order valence-corrected chi connectivity index (χ3v) is 6.21. The zero-order valence-corrected chi connectivity index (χ0v) is 16.8. The molecule has 29 heavy (non-hydrogen) atoms. The van der Waals surface area contributed by atoms with Crippen molar-refractivity contribution in [3.8, 4) is 0 Å². The second-order valence-electron chi connectivity index (χ2n) is 6.85. The predicted molar refractivity (Wildman–Crippen MR) is 113 cm³/mol. The van der Waals surface area contributed by atoms with Crippen molar-refractivity contribution in [2.75, 3.05) is 0 Å². The van der Waals surface area contributed by atoms with Crippen molar-refractivity contribution < 1.29 is 9.90 Å². The number of carbonyl (C=O) groups is 1. The van der Waals surface area contributed by atoms with Crippen molar-refractivity contribution in [1.82, 2.24) is 14.1 Å². The first-order valence-corrected chi connectivity index (χ1v) is 10.1. The second kappa shape index (κ2) is 7.29. The summed E-state index contributed by atoms with van der Waals surface area (Å²) in [6, 6.07) is 9.50. The van der Waals surface area contributed by atoms with Crippen LogP contribution in [-0.2, 0) is 20.0 Å². The van der Waals surface area contributed by atoms with E-state index in [1.807, 2.05) is 37.3 Å². The van der Waals surface area contributed by atoms with E-state index in [9.17, 15) is 19.5 Å². The number of rotatable bonds is 5. The van der Waals surface area contributed by atoms with Crippen molar-refractivity contribution in [3.05, 3.63) is 73.4 Å². The molecular weight excluding hydrogens is 390 g/mol. The molecule has 0 aliphatic heterocycles. The lowest BCUT2D eigenvalue weighted by atomic mass is 10.0. The number of nitrogens with zero attached hydrogens (tertiary/aromatic N) is 3. The summed E-state index contributed by atoms with van der Waals surface area (Å²) < 4.78 is 2.49. The van der Waals surface area contributed by atoms with Gasteiger partial charge in [0.15, 0.2) is 0 Å². The highest BCUT2D eigenvalue weighted by atomic mass is 32.1. The highest BCUT2D eigenvalue weighted by Crippen LogP contribution is 2.32. The van der Waals surface area contributed by atoms with Gasteiger partial charge in [0, 0.05) is 36.5 Å². The Kier molecular flexibility index (Phi) is 4.79. The molecule has 0 aliphatic rings.